The average Bonchev–Trinajstić information content (AvgIpc) is 2.46. The fourth-order valence-electron chi connectivity index (χ4n) is 2.73. The third-order valence-electron chi connectivity index (χ3n) is 3.73. The monoisotopic (exact) mass is 270 g/mol. The number of aromatic nitrogens is 1. The quantitative estimate of drug-likeness (QED) is 0.860. The molecule has 1 atom stereocenters. The zero-order valence-electron chi connectivity index (χ0n) is 11.2. The summed E-state index contributed by atoms with van der Waals surface area (Å²) >= 11 is 0. The number of anilines is 1. The highest BCUT2D eigenvalue weighted by Gasteiger charge is 2.22. The van der Waals surface area contributed by atoms with Crippen molar-refractivity contribution in [3.05, 3.63) is 35.9 Å². The van der Waals surface area contributed by atoms with Crippen molar-refractivity contribution in [3.63, 3.8) is 0 Å². The van der Waals surface area contributed by atoms with E-state index in [2.05, 4.69) is 9.88 Å². The van der Waals surface area contributed by atoms with Crippen molar-refractivity contribution in [1.29, 1.82) is 0 Å². The van der Waals surface area contributed by atoms with E-state index in [-0.39, 0.29) is 6.04 Å². The van der Waals surface area contributed by atoms with Gasteiger partial charge in [-0.2, -0.15) is 0 Å². The predicted molar refractivity (Wildman–Crippen MR) is 79.7 cm³/mol. The molecule has 0 bridgehead atoms. The standard InChI is InChI=1S/C15H18N4O/c16-11-5-3-7-19(9-11)15-12(14(17)20)8-10-4-1-2-6-13(10)18-15/h1-2,4,6,8,11H,3,5,7,9,16H2,(H2,17,20)/t11-/m1/s1. The van der Waals surface area contributed by atoms with E-state index >= 15 is 0 Å². The first-order chi connectivity index (χ1) is 9.65. The van der Waals surface area contributed by atoms with Gasteiger partial charge in [0.15, 0.2) is 0 Å². The summed E-state index contributed by atoms with van der Waals surface area (Å²) in [6.07, 6.45) is 2.02. The van der Waals surface area contributed by atoms with Gasteiger partial charge in [0.05, 0.1) is 11.1 Å². The Kier molecular flexibility index (Phi) is 3.28. The number of nitrogens with zero attached hydrogens (tertiary/aromatic N) is 2. The van der Waals surface area contributed by atoms with Gasteiger partial charge in [-0.1, -0.05) is 18.2 Å². The molecule has 1 aromatic carbocycles. The van der Waals surface area contributed by atoms with Crippen molar-refractivity contribution in [3.8, 4) is 0 Å². The number of pyridine rings is 1. The maximum atomic E-state index is 11.7. The number of benzene rings is 1. The predicted octanol–water partition coefficient (Wildman–Crippen LogP) is 1.26. The summed E-state index contributed by atoms with van der Waals surface area (Å²) in [5.41, 5.74) is 12.9. The van der Waals surface area contributed by atoms with Gasteiger partial charge in [0.1, 0.15) is 5.82 Å². The van der Waals surface area contributed by atoms with Crippen LogP contribution in [0.1, 0.15) is 23.2 Å². The molecule has 2 heterocycles. The molecule has 0 radical (unpaired) electrons. The van der Waals surface area contributed by atoms with E-state index in [1.165, 1.54) is 0 Å². The van der Waals surface area contributed by atoms with Crippen LogP contribution in [-0.2, 0) is 0 Å². The molecule has 2 aromatic rings. The van der Waals surface area contributed by atoms with Crippen LogP contribution < -0.4 is 16.4 Å². The largest absolute Gasteiger partial charge is 0.365 e. The number of primary amides is 1. The van der Waals surface area contributed by atoms with E-state index < -0.39 is 5.91 Å². The number of para-hydroxylation sites is 1. The van der Waals surface area contributed by atoms with Gasteiger partial charge in [-0.25, -0.2) is 4.98 Å². The number of hydrogen-bond acceptors (Lipinski definition) is 4. The Bertz CT molecular complexity index is 655. The summed E-state index contributed by atoms with van der Waals surface area (Å²) < 4.78 is 0. The van der Waals surface area contributed by atoms with Gasteiger partial charge in [-0.3, -0.25) is 4.79 Å². The van der Waals surface area contributed by atoms with Crippen molar-refractivity contribution in [2.75, 3.05) is 18.0 Å². The third-order valence-corrected chi connectivity index (χ3v) is 3.73. The molecular formula is C15H18N4O. The second-order valence-corrected chi connectivity index (χ2v) is 5.26. The highest BCUT2D eigenvalue weighted by Crippen LogP contribution is 2.25. The molecule has 0 spiro atoms. The number of hydrogen-bond donors (Lipinski definition) is 2. The smallest absolute Gasteiger partial charge is 0.252 e. The summed E-state index contributed by atoms with van der Waals surface area (Å²) in [5.74, 6) is 0.212. The minimum absolute atomic E-state index is 0.123. The molecule has 1 fully saturated rings. The zero-order chi connectivity index (χ0) is 14.1. The summed E-state index contributed by atoms with van der Waals surface area (Å²) in [6, 6.07) is 9.67. The number of carbonyl (C=O) groups is 1. The molecule has 1 saturated heterocycles. The Morgan fingerprint density at radius 3 is 2.90 bits per heavy atom. The Hall–Kier alpha value is -2.14. The molecule has 1 aromatic heterocycles. The van der Waals surface area contributed by atoms with Crippen LogP contribution >= 0.6 is 0 Å². The van der Waals surface area contributed by atoms with E-state index in [0.29, 0.717) is 17.9 Å². The Morgan fingerprint density at radius 1 is 1.35 bits per heavy atom. The third kappa shape index (κ3) is 2.32. The van der Waals surface area contributed by atoms with Crippen LogP contribution in [0.5, 0.6) is 0 Å². The molecule has 0 aliphatic carbocycles. The first-order valence-corrected chi connectivity index (χ1v) is 6.85. The van der Waals surface area contributed by atoms with Crippen molar-refractivity contribution in [2.45, 2.75) is 18.9 Å². The number of nitrogens with two attached hydrogens (primary N) is 2. The van der Waals surface area contributed by atoms with Gasteiger partial charge in [-0.15, -0.1) is 0 Å². The second kappa shape index (κ2) is 5.09. The molecular weight excluding hydrogens is 252 g/mol. The summed E-state index contributed by atoms with van der Waals surface area (Å²) in [5, 5.41) is 0.923. The lowest BCUT2D eigenvalue weighted by Crippen LogP contribution is -2.44. The lowest BCUT2D eigenvalue weighted by molar-refractivity contribution is 0.100. The SMILES string of the molecule is NC(=O)c1cc2ccccc2nc1N1CCC[C@@H](N)C1. The van der Waals surface area contributed by atoms with Crippen LogP contribution in [0.4, 0.5) is 5.82 Å². The van der Waals surface area contributed by atoms with Crippen molar-refractivity contribution >= 4 is 22.6 Å². The number of carbonyl (C=O) groups excluding carboxylic acids is 1. The fraction of sp³-hybridized carbons (Fsp3) is 0.333. The van der Waals surface area contributed by atoms with Crippen LogP contribution in [0.25, 0.3) is 10.9 Å². The van der Waals surface area contributed by atoms with E-state index in [1.54, 1.807) is 0 Å². The second-order valence-electron chi connectivity index (χ2n) is 5.26. The molecule has 1 aliphatic heterocycles. The van der Waals surface area contributed by atoms with Gasteiger partial charge >= 0.3 is 0 Å². The zero-order valence-corrected chi connectivity index (χ0v) is 11.2. The van der Waals surface area contributed by atoms with E-state index in [9.17, 15) is 4.79 Å². The summed E-state index contributed by atoms with van der Waals surface area (Å²) in [4.78, 5) is 18.4. The highest BCUT2D eigenvalue weighted by molar-refractivity contribution is 6.01. The van der Waals surface area contributed by atoms with E-state index in [1.807, 2.05) is 30.3 Å². The minimum atomic E-state index is -0.447. The lowest BCUT2D eigenvalue weighted by atomic mass is 10.0. The van der Waals surface area contributed by atoms with E-state index in [0.717, 1.165) is 30.3 Å². The maximum absolute atomic E-state index is 11.7. The molecule has 3 rings (SSSR count). The molecule has 0 unspecified atom stereocenters. The number of piperidine rings is 1. The van der Waals surface area contributed by atoms with Crippen LogP contribution in [0.2, 0.25) is 0 Å². The maximum Gasteiger partial charge on any atom is 0.252 e. The van der Waals surface area contributed by atoms with Crippen LogP contribution in [0, 0.1) is 0 Å². The van der Waals surface area contributed by atoms with Gasteiger partial charge in [0, 0.05) is 24.5 Å². The van der Waals surface area contributed by atoms with Crippen LogP contribution in [-0.4, -0.2) is 30.0 Å². The first kappa shape index (κ1) is 12.9. The fourth-order valence-corrected chi connectivity index (χ4v) is 2.73. The Labute approximate surface area is 117 Å². The average molecular weight is 270 g/mol. The summed E-state index contributed by atoms with van der Waals surface area (Å²) in [6.45, 7) is 1.57. The number of rotatable bonds is 2. The summed E-state index contributed by atoms with van der Waals surface area (Å²) in [7, 11) is 0. The Morgan fingerprint density at radius 2 is 2.15 bits per heavy atom. The number of fused-ring (bicyclic) bond motifs is 1. The van der Waals surface area contributed by atoms with Gasteiger partial charge in [0.2, 0.25) is 0 Å². The van der Waals surface area contributed by atoms with Gasteiger partial charge in [-0.05, 0) is 25.0 Å². The molecule has 104 valence electrons. The van der Waals surface area contributed by atoms with Crippen molar-refractivity contribution < 1.29 is 4.79 Å². The molecule has 20 heavy (non-hydrogen) atoms. The van der Waals surface area contributed by atoms with Crippen molar-refractivity contribution in [2.24, 2.45) is 11.5 Å². The molecule has 5 heteroatoms. The molecule has 1 aliphatic rings. The topological polar surface area (TPSA) is 85.2 Å². The lowest BCUT2D eigenvalue weighted by Gasteiger charge is -2.32. The highest BCUT2D eigenvalue weighted by atomic mass is 16.1. The van der Waals surface area contributed by atoms with Crippen molar-refractivity contribution in [1.82, 2.24) is 4.98 Å². The van der Waals surface area contributed by atoms with Gasteiger partial charge < -0.3 is 16.4 Å². The Balaban J connectivity index is 2.11. The normalized spacial score (nSPS) is 19.2. The molecule has 5 nitrogen and oxygen atoms in total. The van der Waals surface area contributed by atoms with Crippen LogP contribution in [0.15, 0.2) is 30.3 Å². The first-order valence-electron chi connectivity index (χ1n) is 6.85. The molecule has 0 saturated carbocycles. The number of amides is 1. The minimum Gasteiger partial charge on any atom is -0.365 e. The molecule has 4 N–H and O–H groups in total. The van der Waals surface area contributed by atoms with E-state index in [4.69, 9.17) is 11.5 Å². The van der Waals surface area contributed by atoms with Gasteiger partial charge in [0.25, 0.3) is 5.91 Å². The molecule has 1 amide bonds. The van der Waals surface area contributed by atoms with Crippen LogP contribution in [0.3, 0.4) is 0 Å².